The molecule has 0 spiro atoms. The first-order valence-electron chi connectivity index (χ1n) is 13.1. The molecule has 10 nitrogen and oxygen atoms in total. The molecule has 0 bridgehead atoms. The molecular formula is C31H33N3O7. The second-order valence-corrected chi connectivity index (χ2v) is 9.81. The molecule has 4 atom stereocenters. The fraction of sp³-hybridized carbons (Fsp3) is 0.290. The normalized spacial score (nSPS) is 20.6. The van der Waals surface area contributed by atoms with E-state index in [1.165, 1.54) is 23.9 Å². The van der Waals surface area contributed by atoms with Crippen molar-refractivity contribution in [1.82, 2.24) is 9.13 Å². The van der Waals surface area contributed by atoms with E-state index in [9.17, 15) is 15.0 Å². The molecule has 1 aromatic heterocycles. The van der Waals surface area contributed by atoms with Crippen molar-refractivity contribution < 1.29 is 29.2 Å². The topological polar surface area (TPSA) is 128 Å². The molecule has 0 radical (unpaired) electrons. The number of benzene rings is 3. The van der Waals surface area contributed by atoms with Gasteiger partial charge in [0.1, 0.15) is 40.9 Å². The molecule has 0 unspecified atom stereocenters. The number of aromatic nitrogens is 2. The van der Waals surface area contributed by atoms with Crippen molar-refractivity contribution >= 4 is 0 Å². The van der Waals surface area contributed by atoms with Crippen LogP contribution < -0.4 is 20.7 Å². The molecule has 0 amide bonds. The Morgan fingerprint density at radius 2 is 1.37 bits per heavy atom. The number of methoxy groups -OCH3 is 2. The first-order chi connectivity index (χ1) is 19.8. The van der Waals surface area contributed by atoms with Gasteiger partial charge >= 0.3 is 5.69 Å². The number of hydrogen-bond donors (Lipinski definition) is 3. The fourth-order valence-electron chi connectivity index (χ4n) is 5.17. The van der Waals surface area contributed by atoms with E-state index in [4.69, 9.17) is 24.4 Å². The lowest BCUT2D eigenvalue weighted by Crippen LogP contribution is -2.42. The van der Waals surface area contributed by atoms with Crippen molar-refractivity contribution in [1.29, 1.82) is 5.41 Å². The second kappa shape index (κ2) is 11.7. The van der Waals surface area contributed by atoms with E-state index in [0.717, 1.165) is 21.3 Å². The number of rotatable bonds is 9. The zero-order valence-electron chi connectivity index (χ0n) is 23.0. The second-order valence-electron chi connectivity index (χ2n) is 9.81. The summed E-state index contributed by atoms with van der Waals surface area (Å²) in [6.45, 7) is -0.126. The predicted octanol–water partition coefficient (Wildman–Crippen LogP) is 2.31. The lowest BCUT2D eigenvalue weighted by atomic mass is 9.80. The predicted molar refractivity (Wildman–Crippen MR) is 150 cm³/mol. The summed E-state index contributed by atoms with van der Waals surface area (Å²) in [7, 11) is 4.66. The molecule has 1 aliphatic heterocycles. The van der Waals surface area contributed by atoms with E-state index >= 15 is 0 Å². The summed E-state index contributed by atoms with van der Waals surface area (Å²) in [6, 6.07) is 26.2. The van der Waals surface area contributed by atoms with Crippen molar-refractivity contribution in [3.8, 4) is 11.5 Å². The highest BCUT2D eigenvalue weighted by Crippen LogP contribution is 2.42. The van der Waals surface area contributed by atoms with Gasteiger partial charge in [0.25, 0.3) is 0 Å². The zero-order valence-corrected chi connectivity index (χ0v) is 23.0. The Hall–Kier alpha value is -4.22. The lowest BCUT2D eigenvalue weighted by molar-refractivity contribution is -0.0960. The van der Waals surface area contributed by atoms with Gasteiger partial charge in [-0.25, -0.2) is 4.79 Å². The van der Waals surface area contributed by atoms with Gasteiger partial charge in [-0.2, -0.15) is 0 Å². The van der Waals surface area contributed by atoms with Crippen LogP contribution in [0.25, 0.3) is 0 Å². The zero-order chi connectivity index (χ0) is 29.1. The van der Waals surface area contributed by atoms with Crippen LogP contribution in [0, 0.1) is 5.41 Å². The lowest BCUT2D eigenvalue weighted by Gasteiger charge is -2.37. The average Bonchev–Trinajstić information content (AvgIpc) is 3.30. The Balaban J connectivity index is 1.56. The molecule has 4 aromatic rings. The monoisotopic (exact) mass is 559 g/mol. The van der Waals surface area contributed by atoms with Crippen LogP contribution in [0.3, 0.4) is 0 Å². The van der Waals surface area contributed by atoms with Gasteiger partial charge < -0.3 is 29.2 Å². The van der Waals surface area contributed by atoms with Gasteiger partial charge in [0.2, 0.25) is 0 Å². The third-order valence-electron chi connectivity index (χ3n) is 7.51. The smallest absolute Gasteiger partial charge is 0.331 e. The standard InChI is InChI=1S/C31H33N3O7/c1-33-26(32)17-18-34(30(33)37)29-28(36)27(35)25(41-29)19-40-31(20-7-5-4-6-8-20,21-9-13-23(38-2)14-10-21)22-11-15-24(39-3)16-12-22/h4-18,25,27-29,32,35-36H,19H2,1-3H3/t25-,27-,28-,29-/m1/s1. The molecule has 0 aliphatic carbocycles. The number of nitrogens with zero attached hydrogens (tertiary/aromatic N) is 2. The van der Waals surface area contributed by atoms with Crippen LogP contribution in [0.2, 0.25) is 0 Å². The van der Waals surface area contributed by atoms with Crippen LogP contribution in [-0.4, -0.2) is 58.5 Å². The van der Waals surface area contributed by atoms with Crippen LogP contribution in [0.1, 0.15) is 22.9 Å². The Morgan fingerprint density at radius 1 is 0.829 bits per heavy atom. The van der Waals surface area contributed by atoms with Crippen LogP contribution in [0.5, 0.6) is 11.5 Å². The summed E-state index contributed by atoms with van der Waals surface area (Å²) in [5, 5.41) is 29.7. The highest BCUT2D eigenvalue weighted by atomic mass is 16.6. The maximum Gasteiger partial charge on any atom is 0.331 e. The third kappa shape index (κ3) is 5.18. The fourth-order valence-corrected chi connectivity index (χ4v) is 5.17. The first kappa shape index (κ1) is 28.3. The Bertz CT molecular complexity index is 1540. The molecule has 1 saturated heterocycles. The summed E-state index contributed by atoms with van der Waals surface area (Å²) in [5.74, 6) is 1.37. The van der Waals surface area contributed by atoms with Crippen molar-refractivity contribution in [2.75, 3.05) is 20.8 Å². The minimum atomic E-state index is -1.40. The molecule has 10 heteroatoms. The third-order valence-corrected chi connectivity index (χ3v) is 7.51. The van der Waals surface area contributed by atoms with E-state index in [2.05, 4.69) is 0 Å². The molecule has 1 aliphatic rings. The molecule has 3 N–H and O–H groups in total. The average molecular weight is 560 g/mol. The summed E-state index contributed by atoms with van der Waals surface area (Å²) in [5.41, 5.74) is 0.731. The quantitative estimate of drug-likeness (QED) is 0.269. The largest absolute Gasteiger partial charge is 0.497 e. The van der Waals surface area contributed by atoms with Crippen molar-refractivity contribution in [3.63, 3.8) is 0 Å². The number of aliphatic hydroxyl groups excluding tert-OH is 2. The Labute approximate surface area is 237 Å². The number of ether oxygens (including phenoxy) is 4. The van der Waals surface area contributed by atoms with Gasteiger partial charge in [-0.3, -0.25) is 14.5 Å². The SMILES string of the molecule is COc1ccc(C(OC[C@H]2O[C@@H](n3ccc(=N)n(C)c3=O)[C@H](O)[C@@H]2O)(c2ccccc2)c2ccc(OC)cc2)cc1. The van der Waals surface area contributed by atoms with E-state index in [-0.39, 0.29) is 12.1 Å². The minimum Gasteiger partial charge on any atom is -0.497 e. The Kier molecular flexibility index (Phi) is 8.09. The van der Waals surface area contributed by atoms with E-state index in [0.29, 0.717) is 11.5 Å². The molecule has 214 valence electrons. The van der Waals surface area contributed by atoms with Gasteiger partial charge in [-0.15, -0.1) is 0 Å². The van der Waals surface area contributed by atoms with Crippen LogP contribution in [-0.2, 0) is 22.1 Å². The van der Waals surface area contributed by atoms with E-state index in [1.807, 2.05) is 78.9 Å². The van der Waals surface area contributed by atoms with Gasteiger partial charge in [0, 0.05) is 13.2 Å². The minimum absolute atomic E-state index is 0.00537. The Morgan fingerprint density at radius 3 is 1.90 bits per heavy atom. The van der Waals surface area contributed by atoms with Crippen LogP contribution >= 0.6 is 0 Å². The number of aliphatic hydroxyl groups is 2. The molecule has 41 heavy (non-hydrogen) atoms. The summed E-state index contributed by atoms with van der Waals surface area (Å²) < 4.78 is 25.9. The molecule has 5 rings (SSSR count). The van der Waals surface area contributed by atoms with Crippen molar-refractivity contribution in [3.05, 3.63) is 124 Å². The summed E-state index contributed by atoms with van der Waals surface area (Å²) in [6.07, 6.45) is -3.50. The van der Waals surface area contributed by atoms with Gasteiger partial charge in [0.05, 0.1) is 20.8 Å². The molecular weight excluding hydrogens is 526 g/mol. The van der Waals surface area contributed by atoms with Crippen LogP contribution in [0.4, 0.5) is 0 Å². The maximum atomic E-state index is 12.8. The molecule has 0 saturated carbocycles. The highest BCUT2D eigenvalue weighted by molar-refractivity contribution is 5.49. The van der Waals surface area contributed by atoms with Crippen molar-refractivity contribution in [2.45, 2.75) is 30.1 Å². The summed E-state index contributed by atoms with van der Waals surface area (Å²) in [4.78, 5) is 12.8. The molecule has 2 heterocycles. The van der Waals surface area contributed by atoms with Crippen LogP contribution in [0.15, 0.2) is 95.9 Å². The maximum absolute atomic E-state index is 12.8. The van der Waals surface area contributed by atoms with Crippen molar-refractivity contribution in [2.24, 2.45) is 7.05 Å². The van der Waals surface area contributed by atoms with E-state index in [1.54, 1.807) is 14.2 Å². The molecule has 3 aromatic carbocycles. The first-order valence-corrected chi connectivity index (χ1v) is 13.1. The van der Waals surface area contributed by atoms with Gasteiger partial charge in [-0.1, -0.05) is 54.6 Å². The number of nitrogens with one attached hydrogen (secondary N) is 1. The highest BCUT2D eigenvalue weighted by Gasteiger charge is 2.46. The van der Waals surface area contributed by atoms with E-state index < -0.39 is 35.8 Å². The van der Waals surface area contributed by atoms with Gasteiger partial charge in [0.15, 0.2) is 6.23 Å². The summed E-state index contributed by atoms with van der Waals surface area (Å²) >= 11 is 0. The number of hydrogen-bond acceptors (Lipinski definition) is 8. The van der Waals surface area contributed by atoms with Gasteiger partial charge in [-0.05, 0) is 47.0 Å². The molecule has 1 fully saturated rings.